The molecule has 10 nitrogen and oxygen atoms in total. The van der Waals surface area contributed by atoms with Crippen molar-refractivity contribution in [2.75, 3.05) is 0 Å². The third-order valence-electron chi connectivity index (χ3n) is 6.34. The van der Waals surface area contributed by atoms with Gasteiger partial charge < -0.3 is 15.4 Å². The number of carbonyl (C=O) groups excluding carboxylic acids is 5. The highest BCUT2D eigenvalue weighted by molar-refractivity contribution is 6.16. The van der Waals surface area contributed by atoms with E-state index in [1.165, 1.54) is 19.1 Å². The van der Waals surface area contributed by atoms with E-state index in [-0.39, 0.29) is 24.1 Å². The summed E-state index contributed by atoms with van der Waals surface area (Å²) in [4.78, 5) is 67.0. The molecular weight excluding hydrogens is 507 g/mol. The van der Waals surface area contributed by atoms with Gasteiger partial charge in [0.15, 0.2) is 5.78 Å². The SMILES string of the molecule is CC(C)Oc1ccc(C(CC(=O)N[C@@H](C(=O)[C@@H]2C(=O)NC(=O)[C@H]2C)C(C)C)NC(=O)c2cccc(F)n2)cc1. The van der Waals surface area contributed by atoms with E-state index in [4.69, 9.17) is 4.74 Å². The zero-order valence-corrected chi connectivity index (χ0v) is 22.5. The van der Waals surface area contributed by atoms with Gasteiger partial charge in [-0.25, -0.2) is 4.98 Å². The normalized spacial score (nSPS) is 18.5. The Morgan fingerprint density at radius 1 is 1.00 bits per heavy atom. The first kappa shape index (κ1) is 29.4. The van der Waals surface area contributed by atoms with E-state index in [0.717, 1.165) is 6.07 Å². The van der Waals surface area contributed by atoms with Gasteiger partial charge in [-0.15, -0.1) is 0 Å². The van der Waals surface area contributed by atoms with Gasteiger partial charge in [0.05, 0.1) is 30.5 Å². The van der Waals surface area contributed by atoms with Crippen LogP contribution in [0.4, 0.5) is 4.39 Å². The molecule has 208 valence electrons. The van der Waals surface area contributed by atoms with Gasteiger partial charge in [-0.2, -0.15) is 4.39 Å². The lowest BCUT2D eigenvalue weighted by Gasteiger charge is -2.26. The van der Waals surface area contributed by atoms with Gasteiger partial charge in [0.2, 0.25) is 23.7 Å². The van der Waals surface area contributed by atoms with Gasteiger partial charge in [0.25, 0.3) is 5.91 Å². The minimum absolute atomic E-state index is 0.0540. The summed E-state index contributed by atoms with van der Waals surface area (Å²) in [5.41, 5.74) is 0.397. The molecule has 0 saturated carbocycles. The fourth-order valence-corrected chi connectivity index (χ4v) is 4.31. The van der Waals surface area contributed by atoms with Crippen LogP contribution in [-0.2, 0) is 19.2 Å². The van der Waals surface area contributed by atoms with Crippen LogP contribution in [0.2, 0.25) is 0 Å². The molecule has 1 saturated heterocycles. The topological polar surface area (TPSA) is 144 Å². The number of Topliss-reactive ketones (excluding diaryl/α,β-unsaturated/α-hetero) is 1. The van der Waals surface area contributed by atoms with Crippen molar-refractivity contribution in [3.05, 3.63) is 59.7 Å². The maximum atomic E-state index is 13.6. The van der Waals surface area contributed by atoms with Crippen molar-refractivity contribution in [3.8, 4) is 5.75 Å². The van der Waals surface area contributed by atoms with E-state index in [2.05, 4.69) is 20.9 Å². The Labute approximate surface area is 226 Å². The monoisotopic (exact) mass is 540 g/mol. The molecule has 1 fully saturated rings. The highest BCUT2D eigenvalue weighted by atomic mass is 19.1. The number of nitrogens with one attached hydrogen (secondary N) is 3. The number of nitrogens with zero attached hydrogens (tertiary/aromatic N) is 1. The standard InChI is InChI=1S/C28H33FN4O6/c1-14(2)24(25(35)23-16(5)26(36)33-28(23)38)32-22(34)13-20(17-9-11-18(12-10-17)39-15(3)4)31-27(37)19-7-6-8-21(29)30-19/h6-12,14-16,20,23-24H,13H2,1-5H3,(H,31,37)(H,32,34)(H,33,36,38)/t16-,20?,23+,24+/m0/s1. The van der Waals surface area contributed by atoms with E-state index < -0.39 is 59.3 Å². The number of ether oxygens (including phenoxy) is 1. The first-order valence-corrected chi connectivity index (χ1v) is 12.7. The summed E-state index contributed by atoms with van der Waals surface area (Å²) in [5.74, 6) is -5.70. The number of carbonyl (C=O) groups is 5. The molecule has 3 rings (SSSR count). The van der Waals surface area contributed by atoms with Crippen LogP contribution >= 0.6 is 0 Å². The van der Waals surface area contributed by atoms with E-state index in [0.29, 0.717) is 11.3 Å². The molecule has 11 heteroatoms. The van der Waals surface area contributed by atoms with Crippen LogP contribution in [0.25, 0.3) is 0 Å². The molecular formula is C28H33FN4O6. The Hall–Kier alpha value is -4.15. The molecule has 1 aliphatic rings. The molecule has 1 aliphatic heterocycles. The second-order valence-corrected chi connectivity index (χ2v) is 10.1. The summed E-state index contributed by atoms with van der Waals surface area (Å²) in [5, 5.41) is 7.54. The molecule has 4 amide bonds. The Morgan fingerprint density at radius 3 is 2.21 bits per heavy atom. The van der Waals surface area contributed by atoms with Crippen molar-refractivity contribution in [3.63, 3.8) is 0 Å². The quantitative estimate of drug-likeness (QED) is 0.226. The van der Waals surface area contributed by atoms with Crippen LogP contribution in [0.3, 0.4) is 0 Å². The number of benzene rings is 1. The fourth-order valence-electron chi connectivity index (χ4n) is 4.31. The molecule has 1 aromatic carbocycles. The maximum Gasteiger partial charge on any atom is 0.270 e. The largest absolute Gasteiger partial charge is 0.491 e. The number of ketones is 1. The minimum Gasteiger partial charge on any atom is -0.491 e. The average Bonchev–Trinajstić information content (AvgIpc) is 3.12. The van der Waals surface area contributed by atoms with Crippen LogP contribution in [0, 0.1) is 23.7 Å². The Balaban J connectivity index is 1.82. The van der Waals surface area contributed by atoms with Crippen LogP contribution in [0.15, 0.2) is 42.5 Å². The smallest absolute Gasteiger partial charge is 0.270 e. The third-order valence-corrected chi connectivity index (χ3v) is 6.34. The molecule has 1 unspecified atom stereocenters. The van der Waals surface area contributed by atoms with Crippen molar-refractivity contribution in [1.29, 1.82) is 0 Å². The van der Waals surface area contributed by atoms with Gasteiger partial charge in [0, 0.05) is 0 Å². The Morgan fingerprint density at radius 2 is 1.67 bits per heavy atom. The summed E-state index contributed by atoms with van der Waals surface area (Å²) >= 11 is 0. The first-order chi connectivity index (χ1) is 18.4. The highest BCUT2D eigenvalue weighted by Gasteiger charge is 2.46. The van der Waals surface area contributed by atoms with Crippen molar-refractivity contribution in [2.45, 2.75) is 59.2 Å². The number of aromatic nitrogens is 1. The number of halogens is 1. The molecule has 0 aliphatic carbocycles. The van der Waals surface area contributed by atoms with E-state index in [9.17, 15) is 28.4 Å². The van der Waals surface area contributed by atoms with Crippen molar-refractivity contribution in [1.82, 2.24) is 20.9 Å². The van der Waals surface area contributed by atoms with Crippen LogP contribution < -0.4 is 20.7 Å². The lowest BCUT2D eigenvalue weighted by atomic mass is 9.85. The number of hydrogen-bond donors (Lipinski definition) is 3. The minimum atomic E-state index is -1.20. The molecule has 2 heterocycles. The van der Waals surface area contributed by atoms with Gasteiger partial charge in [-0.1, -0.05) is 39.0 Å². The second-order valence-electron chi connectivity index (χ2n) is 10.1. The summed E-state index contributed by atoms with van der Waals surface area (Å²) in [7, 11) is 0. The third kappa shape index (κ3) is 7.46. The molecule has 2 aromatic rings. The number of imide groups is 1. The van der Waals surface area contributed by atoms with Crippen molar-refractivity contribution < 1.29 is 33.1 Å². The maximum absolute atomic E-state index is 13.6. The van der Waals surface area contributed by atoms with E-state index in [1.54, 1.807) is 38.1 Å². The number of rotatable bonds is 11. The Kier molecular flexibility index (Phi) is 9.50. The molecule has 39 heavy (non-hydrogen) atoms. The summed E-state index contributed by atoms with van der Waals surface area (Å²) < 4.78 is 19.3. The van der Waals surface area contributed by atoms with Crippen molar-refractivity contribution in [2.24, 2.45) is 17.8 Å². The van der Waals surface area contributed by atoms with Gasteiger partial charge in [-0.05, 0) is 49.6 Å². The Bertz CT molecular complexity index is 1250. The van der Waals surface area contributed by atoms with E-state index >= 15 is 0 Å². The zero-order valence-electron chi connectivity index (χ0n) is 22.5. The van der Waals surface area contributed by atoms with Crippen LogP contribution in [0.1, 0.15) is 63.1 Å². The molecule has 0 spiro atoms. The molecule has 1 aromatic heterocycles. The second kappa shape index (κ2) is 12.6. The molecule has 3 N–H and O–H groups in total. The number of hydrogen-bond acceptors (Lipinski definition) is 7. The lowest BCUT2D eigenvalue weighted by Crippen LogP contribution is -2.49. The first-order valence-electron chi connectivity index (χ1n) is 12.7. The van der Waals surface area contributed by atoms with Crippen LogP contribution in [0.5, 0.6) is 5.75 Å². The summed E-state index contributed by atoms with van der Waals surface area (Å²) in [6.45, 7) is 8.67. The van der Waals surface area contributed by atoms with Gasteiger partial charge in [0.1, 0.15) is 17.4 Å². The van der Waals surface area contributed by atoms with Gasteiger partial charge in [-0.3, -0.25) is 29.3 Å². The fraction of sp³-hybridized carbons (Fsp3) is 0.429. The predicted molar refractivity (Wildman–Crippen MR) is 139 cm³/mol. The van der Waals surface area contributed by atoms with Crippen LogP contribution in [-0.4, -0.2) is 46.5 Å². The predicted octanol–water partition coefficient (Wildman–Crippen LogP) is 2.49. The summed E-state index contributed by atoms with van der Waals surface area (Å²) in [6.07, 6.45) is -0.325. The number of amides is 4. The highest BCUT2D eigenvalue weighted by Crippen LogP contribution is 2.25. The molecule has 4 atom stereocenters. The van der Waals surface area contributed by atoms with Gasteiger partial charge >= 0.3 is 0 Å². The zero-order chi connectivity index (χ0) is 28.9. The number of pyridine rings is 1. The summed E-state index contributed by atoms with van der Waals surface area (Å²) in [6, 6.07) is 8.68. The van der Waals surface area contributed by atoms with Crippen molar-refractivity contribution >= 4 is 29.4 Å². The molecule has 0 radical (unpaired) electrons. The van der Waals surface area contributed by atoms with E-state index in [1.807, 2.05) is 13.8 Å². The average molecular weight is 541 g/mol. The molecule has 0 bridgehead atoms. The lowest BCUT2D eigenvalue weighted by molar-refractivity contribution is -0.137.